The summed E-state index contributed by atoms with van der Waals surface area (Å²) in [6, 6.07) is 1.13. The second-order valence-corrected chi connectivity index (χ2v) is 15.0. The normalized spacial score (nSPS) is 19.7. The number of morpholine rings is 2. The van der Waals surface area contributed by atoms with Gasteiger partial charge in [-0.3, -0.25) is 19.1 Å². The minimum atomic E-state index is -4.27. The maximum atomic E-state index is 13.5. The highest BCUT2D eigenvalue weighted by Crippen LogP contribution is 2.30. The van der Waals surface area contributed by atoms with Crippen molar-refractivity contribution in [2.45, 2.75) is 23.0 Å². The second kappa shape index (κ2) is 17.0. The first kappa shape index (κ1) is 39.3. The Bertz CT molecular complexity index is 1370. The van der Waals surface area contributed by atoms with E-state index in [0.29, 0.717) is 65.7 Å². The highest BCUT2D eigenvalue weighted by atomic mass is 35.5. The number of nitrogens with zero attached hydrogens (tertiary/aromatic N) is 4. The van der Waals surface area contributed by atoms with E-state index in [4.69, 9.17) is 44.9 Å². The zero-order chi connectivity index (χ0) is 35.0. The Kier molecular flexibility index (Phi) is 14.2. The van der Waals surface area contributed by atoms with Crippen LogP contribution in [0.15, 0.2) is 23.1 Å². The monoisotopic (exact) mass is 742 g/mol. The summed E-state index contributed by atoms with van der Waals surface area (Å²) in [7, 11) is -3.09. The van der Waals surface area contributed by atoms with Crippen molar-refractivity contribution in [3.63, 3.8) is 0 Å². The number of benzene rings is 1. The molecule has 0 aliphatic carbocycles. The average Bonchev–Trinajstić information content (AvgIpc) is 3.00. The van der Waals surface area contributed by atoms with Crippen LogP contribution in [0.3, 0.4) is 0 Å². The number of carboxylic acid groups (broad SMARTS) is 3. The van der Waals surface area contributed by atoms with Gasteiger partial charge in [0.05, 0.1) is 50.8 Å². The third kappa shape index (κ3) is 10.4. The molecule has 3 atom stereocenters. The van der Waals surface area contributed by atoms with E-state index in [2.05, 4.69) is 9.80 Å². The predicted octanol–water partition coefficient (Wildman–Crippen LogP) is -1.13. The van der Waals surface area contributed by atoms with Crippen molar-refractivity contribution in [3.05, 3.63) is 28.2 Å². The molecule has 0 aromatic heterocycles. The minimum absolute atomic E-state index is 0.0254. The first-order chi connectivity index (χ1) is 22.0. The van der Waals surface area contributed by atoms with Crippen LogP contribution in [0.25, 0.3) is 0 Å². The smallest absolute Gasteiger partial charge is 0.366 e. The van der Waals surface area contributed by atoms with E-state index >= 15 is 0 Å². The fourth-order valence-corrected chi connectivity index (χ4v) is 8.20. The van der Waals surface area contributed by atoms with Gasteiger partial charge in [0.25, 0.3) is 5.11 Å². The first-order valence-electron chi connectivity index (χ1n) is 14.8. The van der Waals surface area contributed by atoms with E-state index in [1.807, 2.05) is 0 Å². The number of aliphatic carboxylic acids is 3. The lowest BCUT2D eigenvalue weighted by molar-refractivity contribution is -0.846. The standard InChI is InChI=1S/C28H40Cl2N4O11S2/c1-34(24(25(37)38)28(41,26(39)40)19-23(35)36,10-15-47(42,43)22-17-20(29)16-21(30)18-22)27(46)33(4-2-31-6-11-44-12-7-31)5-3-32-8-13-45-14-9-32/h16-18,24,41H,2-15,19H2,1H3,(H2-,35,36,37,38,39,40). The Morgan fingerprint density at radius 3 is 1.87 bits per heavy atom. The van der Waals surface area contributed by atoms with Crippen molar-refractivity contribution in [1.29, 1.82) is 0 Å². The van der Waals surface area contributed by atoms with Gasteiger partial charge in [-0.1, -0.05) is 23.2 Å². The molecule has 1 aromatic rings. The number of carbonyl (C=O) groups excluding carboxylic acids is 1. The molecule has 0 spiro atoms. The number of hydrogen-bond donors (Lipinski definition) is 3. The molecule has 0 amide bonds. The largest absolute Gasteiger partial charge is 0.547 e. The number of quaternary nitrogens is 1. The maximum absolute atomic E-state index is 13.5. The summed E-state index contributed by atoms with van der Waals surface area (Å²) in [6.07, 6.45) is -1.55. The molecule has 0 radical (unpaired) electrons. The molecule has 3 rings (SSSR count). The fraction of sp³-hybridized carbons (Fsp3) is 0.643. The summed E-state index contributed by atoms with van der Waals surface area (Å²) >= 11 is 18.0. The highest BCUT2D eigenvalue weighted by molar-refractivity contribution is 7.91. The van der Waals surface area contributed by atoms with E-state index in [-0.39, 0.29) is 33.1 Å². The van der Waals surface area contributed by atoms with Crippen LogP contribution in [0.4, 0.5) is 0 Å². The average molecular weight is 744 g/mol. The van der Waals surface area contributed by atoms with Crippen molar-refractivity contribution < 1.29 is 57.2 Å². The lowest BCUT2D eigenvalue weighted by atomic mass is 9.87. The van der Waals surface area contributed by atoms with E-state index in [9.17, 15) is 43.2 Å². The second-order valence-electron chi connectivity index (χ2n) is 11.6. The number of halogens is 2. The number of aliphatic hydroxyl groups is 1. The fourth-order valence-electron chi connectivity index (χ4n) is 5.70. The van der Waals surface area contributed by atoms with Gasteiger partial charge in [-0.25, -0.2) is 13.2 Å². The highest BCUT2D eigenvalue weighted by Gasteiger charge is 2.59. The van der Waals surface area contributed by atoms with Crippen LogP contribution in [0.5, 0.6) is 0 Å². The Morgan fingerprint density at radius 2 is 1.47 bits per heavy atom. The number of sulfone groups is 1. The van der Waals surface area contributed by atoms with Gasteiger partial charge in [-0.05, 0) is 18.2 Å². The molecule has 47 heavy (non-hydrogen) atoms. The quantitative estimate of drug-likeness (QED) is 0.136. The molecule has 15 nitrogen and oxygen atoms in total. The van der Waals surface area contributed by atoms with Crippen molar-refractivity contribution in [2.24, 2.45) is 0 Å². The van der Waals surface area contributed by atoms with Crippen LogP contribution in [0, 0.1) is 0 Å². The van der Waals surface area contributed by atoms with Crippen molar-refractivity contribution in [2.75, 3.05) is 98.1 Å². The number of hydrogen-bond acceptors (Lipinski definition) is 12. The molecule has 2 aliphatic heterocycles. The van der Waals surface area contributed by atoms with Gasteiger partial charge in [-0.2, -0.15) is 0 Å². The van der Waals surface area contributed by atoms with Gasteiger partial charge in [-0.15, -0.1) is 0 Å². The molecule has 0 bridgehead atoms. The Balaban J connectivity index is 2.09. The molecule has 3 unspecified atom stereocenters. The molecule has 2 saturated heterocycles. The molecule has 19 heteroatoms. The summed E-state index contributed by atoms with van der Waals surface area (Å²) in [4.78, 5) is 42.6. The molecule has 264 valence electrons. The van der Waals surface area contributed by atoms with Gasteiger partial charge in [0.2, 0.25) is 6.04 Å². The van der Waals surface area contributed by atoms with E-state index < -0.39 is 62.6 Å². The first-order valence-corrected chi connectivity index (χ1v) is 17.6. The van der Waals surface area contributed by atoms with Crippen LogP contribution in [0.2, 0.25) is 10.0 Å². The zero-order valence-corrected chi connectivity index (χ0v) is 29.0. The predicted molar refractivity (Wildman–Crippen MR) is 172 cm³/mol. The van der Waals surface area contributed by atoms with Crippen LogP contribution in [0.1, 0.15) is 6.42 Å². The Morgan fingerprint density at radius 1 is 1.00 bits per heavy atom. The molecule has 2 heterocycles. The van der Waals surface area contributed by atoms with Crippen LogP contribution < -0.4 is 5.11 Å². The summed E-state index contributed by atoms with van der Waals surface area (Å²) in [5.41, 5.74) is -3.50. The number of carbonyl (C=O) groups is 3. The number of carboxylic acids is 3. The third-order valence-corrected chi connectivity index (χ3v) is 11.1. The Labute approximate surface area is 288 Å². The number of thiocarbonyl (C=S) groups is 1. The summed E-state index contributed by atoms with van der Waals surface area (Å²) in [5.74, 6) is -6.91. The van der Waals surface area contributed by atoms with E-state index in [1.165, 1.54) is 13.1 Å². The van der Waals surface area contributed by atoms with Crippen LogP contribution in [-0.2, 0) is 33.7 Å². The SMILES string of the molecule is C[N+](CCS(=O)(=O)c1cc(Cl)cc(Cl)c1)(C(=S)N(CCN1CCOCC1)CCN1CCOCC1)C(C(=O)O)C(O)(CC(=O)O)C(=O)[O-]. The molecule has 1 aromatic carbocycles. The molecular weight excluding hydrogens is 703 g/mol. The van der Waals surface area contributed by atoms with Gasteiger partial charge in [0, 0.05) is 74.6 Å². The van der Waals surface area contributed by atoms with Crippen LogP contribution in [-0.4, -0.2) is 176 Å². The molecular formula is C28H40Cl2N4O11S2. The Hall–Kier alpha value is -2.19. The van der Waals surface area contributed by atoms with Crippen molar-refractivity contribution >= 4 is 68.3 Å². The summed E-state index contributed by atoms with van der Waals surface area (Å²) in [6.45, 7) is 5.18. The molecule has 0 saturated carbocycles. The van der Waals surface area contributed by atoms with Crippen LogP contribution >= 0.6 is 35.4 Å². The summed E-state index contributed by atoms with van der Waals surface area (Å²) in [5, 5.41) is 43.5. The third-order valence-electron chi connectivity index (χ3n) is 8.34. The van der Waals surface area contributed by atoms with E-state index in [0.717, 1.165) is 12.1 Å². The van der Waals surface area contributed by atoms with Gasteiger partial charge >= 0.3 is 11.9 Å². The van der Waals surface area contributed by atoms with Crippen molar-refractivity contribution in [3.8, 4) is 0 Å². The number of likely N-dealkylation sites (N-methyl/N-ethyl adjacent to an activating group) is 1. The summed E-state index contributed by atoms with van der Waals surface area (Å²) < 4.78 is 36.8. The maximum Gasteiger partial charge on any atom is 0.366 e. The number of ether oxygens (including phenoxy) is 2. The lowest BCUT2D eigenvalue weighted by Gasteiger charge is -2.48. The zero-order valence-electron chi connectivity index (χ0n) is 25.9. The number of rotatable bonds is 16. The van der Waals surface area contributed by atoms with Gasteiger partial charge < -0.3 is 39.6 Å². The molecule has 2 fully saturated rings. The lowest BCUT2D eigenvalue weighted by Crippen LogP contribution is -2.75. The van der Waals surface area contributed by atoms with Crippen molar-refractivity contribution in [1.82, 2.24) is 14.7 Å². The van der Waals surface area contributed by atoms with E-state index in [1.54, 1.807) is 4.90 Å². The topological polar surface area (TPSA) is 197 Å². The van der Waals surface area contributed by atoms with Gasteiger partial charge in [0.15, 0.2) is 15.4 Å². The van der Waals surface area contributed by atoms with Gasteiger partial charge in [0.1, 0.15) is 12.3 Å². The molecule has 2 aliphatic rings. The minimum Gasteiger partial charge on any atom is -0.547 e. The molecule has 3 N–H and O–H groups in total.